The molecule has 0 aromatic heterocycles. The van der Waals surface area contributed by atoms with Gasteiger partial charge in [-0.25, -0.2) is 0 Å². The Labute approximate surface area is 114 Å². The van der Waals surface area contributed by atoms with Crippen LogP contribution in [-0.2, 0) is 9.59 Å². The third kappa shape index (κ3) is 2.61. The molecule has 2 amide bonds. The van der Waals surface area contributed by atoms with Crippen LogP contribution in [0.3, 0.4) is 0 Å². The van der Waals surface area contributed by atoms with Gasteiger partial charge >= 0.3 is 0 Å². The number of nitrogens with one attached hydrogen (secondary N) is 1. The summed E-state index contributed by atoms with van der Waals surface area (Å²) in [7, 11) is 0. The van der Waals surface area contributed by atoms with Crippen molar-refractivity contribution in [3.63, 3.8) is 0 Å². The van der Waals surface area contributed by atoms with Gasteiger partial charge in [0.05, 0.1) is 6.54 Å². The molecule has 3 aliphatic rings. The lowest BCUT2D eigenvalue weighted by molar-refractivity contribution is -0.137. The van der Waals surface area contributed by atoms with Gasteiger partial charge in [-0.1, -0.05) is 0 Å². The molecule has 0 bridgehead atoms. The smallest absolute Gasteiger partial charge is 0.242 e. The summed E-state index contributed by atoms with van der Waals surface area (Å²) in [6, 6.07) is 0. The molecule has 0 radical (unpaired) electrons. The lowest BCUT2D eigenvalue weighted by atomic mass is 9.78. The van der Waals surface area contributed by atoms with Crippen molar-refractivity contribution in [1.29, 1.82) is 0 Å². The van der Waals surface area contributed by atoms with E-state index in [2.05, 4.69) is 5.32 Å². The Morgan fingerprint density at radius 1 is 1.21 bits per heavy atom. The SMILES string of the molecule is O=C(CN1CC2(CCNCC2)CC1=O)N1CCCC1. The van der Waals surface area contributed by atoms with Gasteiger partial charge in [-0.15, -0.1) is 0 Å². The fourth-order valence-corrected chi connectivity index (χ4v) is 3.65. The van der Waals surface area contributed by atoms with Gasteiger partial charge in [-0.2, -0.15) is 0 Å². The van der Waals surface area contributed by atoms with Crippen LogP contribution in [0.1, 0.15) is 32.1 Å². The highest BCUT2D eigenvalue weighted by atomic mass is 16.2. The highest BCUT2D eigenvalue weighted by Gasteiger charge is 2.44. The van der Waals surface area contributed by atoms with Crippen molar-refractivity contribution in [1.82, 2.24) is 15.1 Å². The monoisotopic (exact) mass is 265 g/mol. The summed E-state index contributed by atoms with van der Waals surface area (Å²) in [4.78, 5) is 28.0. The molecule has 3 heterocycles. The molecule has 0 aliphatic carbocycles. The van der Waals surface area contributed by atoms with E-state index < -0.39 is 0 Å². The van der Waals surface area contributed by atoms with Gasteiger partial charge in [0.2, 0.25) is 11.8 Å². The second kappa shape index (κ2) is 5.12. The zero-order valence-corrected chi connectivity index (χ0v) is 11.5. The topological polar surface area (TPSA) is 52.7 Å². The average molecular weight is 265 g/mol. The minimum Gasteiger partial charge on any atom is -0.341 e. The van der Waals surface area contributed by atoms with Crippen molar-refractivity contribution < 1.29 is 9.59 Å². The molecule has 3 fully saturated rings. The van der Waals surface area contributed by atoms with Gasteiger partial charge in [0.1, 0.15) is 0 Å². The van der Waals surface area contributed by atoms with Gasteiger partial charge in [-0.3, -0.25) is 9.59 Å². The number of nitrogens with zero attached hydrogens (tertiary/aromatic N) is 2. The average Bonchev–Trinajstić information content (AvgIpc) is 3.00. The number of likely N-dealkylation sites (tertiary alicyclic amines) is 2. The molecular formula is C14H23N3O2. The summed E-state index contributed by atoms with van der Waals surface area (Å²) in [6.45, 7) is 4.83. The first-order chi connectivity index (χ1) is 9.19. The number of rotatable bonds is 2. The van der Waals surface area contributed by atoms with E-state index in [1.54, 1.807) is 4.90 Å². The predicted octanol–water partition coefficient (Wildman–Crippen LogP) is 0.211. The third-order valence-electron chi connectivity index (χ3n) is 4.85. The van der Waals surface area contributed by atoms with E-state index in [0.29, 0.717) is 13.0 Å². The van der Waals surface area contributed by atoms with Crippen LogP contribution in [0.15, 0.2) is 0 Å². The zero-order valence-electron chi connectivity index (χ0n) is 11.5. The Morgan fingerprint density at radius 3 is 2.58 bits per heavy atom. The van der Waals surface area contributed by atoms with E-state index in [1.807, 2.05) is 4.90 Å². The van der Waals surface area contributed by atoms with Crippen molar-refractivity contribution in [2.45, 2.75) is 32.1 Å². The maximum atomic E-state index is 12.1. The number of carbonyl (C=O) groups is 2. The predicted molar refractivity (Wildman–Crippen MR) is 71.5 cm³/mol. The van der Waals surface area contributed by atoms with Crippen LogP contribution in [-0.4, -0.2) is 60.9 Å². The van der Waals surface area contributed by atoms with E-state index in [4.69, 9.17) is 0 Å². The fourth-order valence-electron chi connectivity index (χ4n) is 3.65. The fraction of sp³-hybridized carbons (Fsp3) is 0.857. The molecule has 5 heteroatoms. The maximum absolute atomic E-state index is 12.1. The first-order valence-corrected chi connectivity index (χ1v) is 7.45. The summed E-state index contributed by atoms with van der Waals surface area (Å²) in [5.41, 5.74) is 0.146. The van der Waals surface area contributed by atoms with E-state index in [1.165, 1.54) is 0 Å². The van der Waals surface area contributed by atoms with Crippen LogP contribution < -0.4 is 5.32 Å². The molecule has 19 heavy (non-hydrogen) atoms. The van der Waals surface area contributed by atoms with Crippen LogP contribution in [0.25, 0.3) is 0 Å². The Kier molecular flexibility index (Phi) is 3.48. The second-order valence-corrected chi connectivity index (χ2v) is 6.26. The Bertz CT molecular complexity index is 371. The van der Waals surface area contributed by atoms with E-state index in [9.17, 15) is 9.59 Å². The van der Waals surface area contributed by atoms with Gasteiger partial charge < -0.3 is 15.1 Å². The Hall–Kier alpha value is -1.10. The minimum atomic E-state index is 0.136. The Balaban J connectivity index is 1.59. The summed E-state index contributed by atoms with van der Waals surface area (Å²) in [5, 5.41) is 3.35. The molecule has 0 unspecified atom stereocenters. The molecule has 0 saturated carbocycles. The first kappa shape index (κ1) is 12.9. The number of carbonyl (C=O) groups excluding carboxylic acids is 2. The van der Waals surface area contributed by atoms with Crippen molar-refractivity contribution >= 4 is 11.8 Å². The van der Waals surface area contributed by atoms with Gasteiger partial charge in [0, 0.05) is 26.1 Å². The molecule has 1 N–H and O–H groups in total. The summed E-state index contributed by atoms with van der Waals surface area (Å²) >= 11 is 0. The highest BCUT2D eigenvalue weighted by Crippen LogP contribution is 2.39. The molecule has 5 nitrogen and oxygen atoms in total. The quantitative estimate of drug-likeness (QED) is 0.776. The molecule has 1 spiro atoms. The molecule has 3 rings (SSSR count). The molecule has 3 saturated heterocycles. The molecule has 0 aromatic rings. The molecule has 0 atom stereocenters. The minimum absolute atomic E-state index is 0.136. The normalized spacial score (nSPS) is 26.4. The van der Waals surface area contributed by atoms with Crippen LogP contribution in [0, 0.1) is 5.41 Å². The van der Waals surface area contributed by atoms with Crippen LogP contribution in [0.4, 0.5) is 0 Å². The second-order valence-electron chi connectivity index (χ2n) is 6.26. The molecule has 106 valence electrons. The lowest BCUT2D eigenvalue weighted by Gasteiger charge is -2.33. The van der Waals surface area contributed by atoms with E-state index in [-0.39, 0.29) is 17.2 Å². The molecular weight excluding hydrogens is 242 g/mol. The summed E-state index contributed by atoms with van der Waals surface area (Å²) < 4.78 is 0. The number of hydrogen-bond donors (Lipinski definition) is 1. The number of hydrogen-bond acceptors (Lipinski definition) is 3. The van der Waals surface area contributed by atoms with Crippen molar-refractivity contribution in [2.24, 2.45) is 5.41 Å². The summed E-state index contributed by atoms with van der Waals surface area (Å²) in [5.74, 6) is 0.311. The van der Waals surface area contributed by atoms with Crippen LogP contribution >= 0.6 is 0 Å². The van der Waals surface area contributed by atoms with Gasteiger partial charge in [-0.05, 0) is 44.2 Å². The van der Waals surface area contributed by atoms with E-state index >= 15 is 0 Å². The van der Waals surface area contributed by atoms with Crippen molar-refractivity contribution in [3.8, 4) is 0 Å². The van der Waals surface area contributed by atoms with Crippen LogP contribution in [0.2, 0.25) is 0 Å². The van der Waals surface area contributed by atoms with Crippen molar-refractivity contribution in [3.05, 3.63) is 0 Å². The van der Waals surface area contributed by atoms with Gasteiger partial charge in [0.25, 0.3) is 0 Å². The highest BCUT2D eigenvalue weighted by molar-refractivity contribution is 5.86. The molecule has 3 aliphatic heterocycles. The lowest BCUT2D eigenvalue weighted by Crippen LogP contribution is -2.42. The van der Waals surface area contributed by atoms with E-state index in [0.717, 1.165) is 58.4 Å². The molecule has 0 aromatic carbocycles. The third-order valence-corrected chi connectivity index (χ3v) is 4.85. The van der Waals surface area contributed by atoms with Gasteiger partial charge in [0.15, 0.2) is 0 Å². The first-order valence-electron chi connectivity index (χ1n) is 7.45. The zero-order chi connectivity index (χ0) is 13.3. The number of amides is 2. The Morgan fingerprint density at radius 2 is 1.89 bits per heavy atom. The number of piperidine rings is 1. The van der Waals surface area contributed by atoms with Crippen molar-refractivity contribution in [2.75, 3.05) is 39.3 Å². The maximum Gasteiger partial charge on any atom is 0.242 e. The van der Waals surface area contributed by atoms with Crippen LogP contribution in [0.5, 0.6) is 0 Å². The largest absolute Gasteiger partial charge is 0.341 e. The standard InChI is InChI=1S/C14H23N3O2/c18-12-9-14(3-5-15-6-4-14)11-17(12)10-13(19)16-7-1-2-8-16/h15H,1-11H2. The summed E-state index contributed by atoms with van der Waals surface area (Å²) in [6.07, 6.45) is 4.98.